The maximum atomic E-state index is 13.3. The van der Waals surface area contributed by atoms with Crippen molar-refractivity contribution in [1.29, 1.82) is 0 Å². The number of halogens is 1. The number of unbranched alkanes of at least 4 members (excludes halogenated alkanes) is 1. The molecule has 2 bridgehead atoms. The summed E-state index contributed by atoms with van der Waals surface area (Å²) in [7, 11) is 0. The van der Waals surface area contributed by atoms with E-state index in [0.717, 1.165) is 25.7 Å². The number of carbonyl (C=O) groups is 1. The zero-order chi connectivity index (χ0) is 9.47. The molecule has 2 aliphatic carbocycles. The maximum Gasteiger partial charge on any atom is 0.139 e. The van der Waals surface area contributed by atoms with E-state index in [9.17, 15) is 9.18 Å². The van der Waals surface area contributed by atoms with Crippen LogP contribution in [-0.4, -0.2) is 12.0 Å². The number of hydrogen-bond donors (Lipinski definition) is 0. The lowest BCUT2D eigenvalue weighted by Gasteiger charge is -2.25. The van der Waals surface area contributed by atoms with Gasteiger partial charge in [0.15, 0.2) is 0 Å². The normalized spacial score (nSPS) is 43.1. The maximum absolute atomic E-state index is 13.3. The Hall–Kier alpha value is -0.400. The van der Waals surface area contributed by atoms with Crippen LogP contribution in [-0.2, 0) is 4.79 Å². The van der Waals surface area contributed by atoms with E-state index < -0.39 is 6.17 Å². The highest BCUT2D eigenvalue weighted by Crippen LogP contribution is 2.55. The summed E-state index contributed by atoms with van der Waals surface area (Å²) < 4.78 is 13.3. The Morgan fingerprint density at radius 1 is 1.54 bits per heavy atom. The summed E-state index contributed by atoms with van der Waals surface area (Å²) in [4.78, 5) is 11.6. The molecule has 0 saturated heterocycles. The first-order valence-corrected chi connectivity index (χ1v) is 5.35. The molecule has 0 aromatic carbocycles. The Bertz CT molecular complexity index is 222. The van der Waals surface area contributed by atoms with E-state index in [-0.39, 0.29) is 11.3 Å². The van der Waals surface area contributed by atoms with E-state index in [4.69, 9.17) is 0 Å². The van der Waals surface area contributed by atoms with Gasteiger partial charge in [0.1, 0.15) is 12.0 Å². The largest absolute Gasteiger partial charge is 0.299 e. The molecular weight excluding hydrogens is 167 g/mol. The summed E-state index contributed by atoms with van der Waals surface area (Å²) in [6.07, 6.45) is 4.31. The van der Waals surface area contributed by atoms with E-state index in [2.05, 4.69) is 6.92 Å². The number of rotatable bonds is 3. The van der Waals surface area contributed by atoms with Crippen molar-refractivity contribution in [3.05, 3.63) is 0 Å². The van der Waals surface area contributed by atoms with Crippen molar-refractivity contribution in [1.82, 2.24) is 0 Å². The Morgan fingerprint density at radius 2 is 2.31 bits per heavy atom. The van der Waals surface area contributed by atoms with Gasteiger partial charge in [0.05, 0.1) is 0 Å². The van der Waals surface area contributed by atoms with E-state index in [1.54, 1.807) is 0 Å². The van der Waals surface area contributed by atoms with E-state index in [1.807, 2.05) is 0 Å². The molecule has 0 aliphatic heterocycles. The SMILES string of the molecule is CCCCC12CC(F)C(CC1=O)C2. The fraction of sp³-hybridized carbons (Fsp3) is 0.909. The van der Waals surface area contributed by atoms with Crippen molar-refractivity contribution >= 4 is 5.78 Å². The molecule has 0 aromatic rings. The number of hydrogen-bond acceptors (Lipinski definition) is 1. The topological polar surface area (TPSA) is 17.1 Å². The first-order chi connectivity index (χ1) is 6.18. The van der Waals surface area contributed by atoms with Crippen molar-refractivity contribution in [2.45, 2.75) is 51.6 Å². The number of alkyl halides is 1. The van der Waals surface area contributed by atoms with Crippen LogP contribution in [0.1, 0.15) is 45.4 Å². The molecule has 0 radical (unpaired) electrons. The molecule has 0 spiro atoms. The first-order valence-electron chi connectivity index (χ1n) is 5.35. The van der Waals surface area contributed by atoms with Gasteiger partial charge < -0.3 is 0 Å². The predicted octanol–water partition coefficient (Wildman–Crippen LogP) is 2.88. The van der Waals surface area contributed by atoms with Crippen LogP contribution in [0.5, 0.6) is 0 Å². The molecule has 0 amide bonds. The summed E-state index contributed by atoms with van der Waals surface area (Å²) >= 11 is 0. The van der Waals surface area contributed by atoms with Crippen molar-refractivity contribution in [3.8, 4) is 0 Å². The number of fused-ring (bicyclic) bond motifs is 2. The second kappa shape index (κ2) is 3.07. The molecule has 2 fully saturated rings. The highest BCUT2D eigenvalue weighted by molar-refractivity contribution is 5.88. The predicted molar refractivity (Wildman–Crippen MR) is 49.2 cm³/mol. The molecule has 13 heavy (non-hydrogen) atoms. The van der Waals surface area contributed by atoms with Gasteiger partial charge in [-0.2, -0.15) is 0 Å². The molecule has 74 valence electrons. The fourth-order valence-corrected chi connectivity index (χ4v) is 2.99. The van der Waals surface area contributed by atoms with Crippen LogP contribution >= 0.6 is 0 Å². The van der Waals surface area contributed by atoms with E-state index in [1.165, 1.54) is 0 Å². The molecule has 2 aliphatic rings. The van der Waals surface area contributed by atoms with Crippen molar-refractivity contribution in [2.24, 2.45) is 11.3 Å². The average molecular weight is 184 g/mol. The van der Waals surface area contributed by atoms with Crippen molar-refractivity contribution in [3.63, 3.8) is 0 Å². The van der Waals surface area contributed by atoms with Gasteiger partial charge in [0, 0.05) is 11.8 Å². The van der Waals surface area contributed by atoms with Crippen LogP contribution in [0, 0.1) is 11.3 Å². The second-order valence-electron chi connectivity index (χ2n) is 4.70. The molecule has 0 heterocycles. The van der Waals surface area contributed by atoms with Crippen LogP contribution in [0.3, 0.4) is 0 Å². The zero-order valence-corrected chi connectivity index (χ0v) is 8.18. The van der Waals surface area contributed by atoms with Gasteiger partial charge in [0.25, 0.3) is 0 Å². The third-order valence-electron chi connectivity index (χ3n) is 3.80. The molecule has 3 unspecified atom stereocenters. The van der Waals surface area contributed by atoms with Crippen LogP contribution in [0.4, 0.5) is 4.39 Å². The smallest absolute Gasteiger partial charge is 0.139 e. The van der Waals surface area contributed by atoms with Crippen LogP contribution < -0.4 is 0 Å². The monoisotopic (exact) mass is 184 g/mol. The first kappa shape index (κ1) is 9.17. The summed E-state index contributed by atoms with van der Waals surface area (Å²) in [5.41, 5.74) is -0.222. The molecule has 2 heteroatoms. The van der Waals surface area contributed by atoms with Gasteiger partial charge in [-0.05, 0) is 25.2 Å². The molecule has 3 atom stereocenters. The minimum absolute atomic E-state index is 0.0735. The Kier molecular flexibility index (Phi) is 2.17. The summed E-state index contributed by atoms with van der Waals surface area (Å²) in [5, 5.41) is 0. The molecule has 2 rings (SSSR count). The van der Waals surface area contributed by atoms with Gasteiger partial charge in [0.2, 0.25) is 0 Å². The Balaban J connectivity index is 2.07. The number of Topliss-reactive ketones (excluding diaryl/α,β-unsaturated/α-hetero) is 1. The lowest BCUT2D eigenvalue weighted by atomic mass is 9.78. The summed E-state index contributed by atoms with van der Waals surface area (Å²) in [5.74, 6) is 0.421. The average Bonchev–Trinajstić information content (AvgIpc) is 2.56. The highest BCUT2D eigenvalue weighted by atomic mass is 19.1. The quantitative estimate of drug-likeness (QED) is 0.659. The van der Waals surface area contributed by atoms with Gasteiger partial charge in [-0.25, -0.2) is 4.39 Å². The van der Waals surface area contributed by atoms with Crippen LogP contribution in [0.25, 0.3) is 0 Å². The van der Waals surface area contributed by atoms with Gasteiger partial charge in [-0.1, -0.05) is 19.8 Å². The molecule has 0 N–H and O–H groups in total. The lowest BCUT2D eigenvalue weighted by Crippen LogP contribution is -2.28. The minimum Gasteiger partial charge on any atom is -0.299 e. The van der Waals surface area contributed by atoms with Gasteiger partial charge in [-0.3, -0.25) is 4.79 Å². The minimum atomic E-state index is -0.686. The molecule has 2 saturated carbocycles. The second-order valence-corrected chi connectivity index (χ2v) is 4.70. The Morgan fingerprint density at radius 3 is 2.85 bits per heavy atom. The Labute approximate surface area is 78.7 Å². The van der Waals surface area contributed by atoms with Gasteiger partial charge >= 0.3 is 0 Å². The lowest BCUT2D eigenvalue weighted by molar-refractivity contribution is -0.128. The van der Waals surface area contributed by atoms with Gasteiger partial charge in [-0.15, -0.1) is 0 Å². The molecular formula is C11H17FO. The summed E-state index contributed by atoms with van der Waals surface area (Å²) in [6, 6.07) is 0. The number of ketones is 1. The van der Waals surface area contributed by atoms with E-state index in [0.29, 0.717) is 18.6 Å². The van der Waals surface area contributed by atoms with E-state index >= 15 is 0 Å². The molecule has 0 aromatic heterocycles. The van der Waals surface area contributed by atoms with Crippen LogP contribution in [0.2, 0.25) is 0 Å². The molecule has 1 nitrogen and oxygen atoms in total. The highest BCUT2D eigenvalue weighted by Gasteiger charge is 2.55. The van der Waals surface area contributed by atoms with Crippen molar-refractivity contribution < 1.29 is 9.18 Å². The third kappa shape index (κ3) is 1.31. The van der Waals surface area contributed by atoms with Crippen molar-refractivity contribution in [2.75, 3.05) is 0 Å². The number of carbonyl (C=O) groups excluding carboxylic acids is 1. The summed E-state index contributed by atoms with van der Waals surface area (Å²) in [6.45, 7) is 2.12. The zero-order valence-electron chi connectivity index (χ0n) is 8.18. The fourth-order valence-electron chi connectivity index (χ4n) is 2.99. The third-order valence-corrected chi connectivity index (χ3v) is 3.80. The van der Waals surface area contributed by atoms with Crippen LogP contribution in [0.15, 0.2) is 0 Å². The standard InChI is InChI=1S/C11H17FO/c1-2-3-4-11-6-8(5-10(11)13)9(12)7-11/h8-9H,2-7H2,1H3.